The number of hydrogen-bond donors (Lipinski definition) is 2. The van der Waals surface area contributed by atoms with Crippen molar-refractivity contribution in [2.24, 2.45) is 11.8 Å². The van der Waals surface area contributed by atoms with Crippen LogP contribution in [0.5, 0.6) is 23.0 Å². The van der Waals surface area contributed by atoms with Gasteiger partial charge in [-0.15, -0.1) is 0 Å². The monoisotopic (exact) mass is 652 g/mol. The maximum absolute atomic E-state index is 13.2. The van der Waals surface area contributed by atoms with E-state index in [0.717, 1.165) is 49.9 Å². The molecule has 10 atom stereocenters. The number of benzene rings is 2. The van der Waals surface area contributed by atoms with Gasteiger partial charge in [-0.05, 0) is 76.1 Å². The molecule has 3 unspecified atom stereocenters. The summed E-state index contributed by atoms with van der Waals surface area (Å²) < 4.78 is 24.7. The van der Waals surface area contributed by atoms with E-state index < -0.39 is 36.4 Å². The highest BCUT2D eigenvalue weighted by atomic mass is 16.6. The first-order chi connectivity index (χ1) is 23.2. The predicted molar refractivity (Wildman–Crippen MR) is 172 cm³/mol. The molecule has 10 rings (SSSR count). The topological polar surface area (TPSA) is 118 Å². The fourth-order valence-electron chi connectivity index (χ4n) is 11.2. The number of piperidine rings is 2. The first-order valence-corrected chi connectivity index (χ1v) is 17.4. The molecular weight excluding hydrogens is 612 g/mol. The number of likely N-dealkylation sites (tertiary alicyclic amines) is 2. The molecule has 10 nitrogen and oxygen atoms in total. The second kappa shape index (κ2) is 9.94. The average Bonchev–Trinajstić information content (AvgIpc) is 3.62. The number of carbonyl (C=O) groups excluding carboxylic acids is 2. The van der Waals surface area contributed by atoms with Crippen molar-refractivity contribution in [3.05, 3.63) is 70.8 Å². The van der Waals surface area contributed by atoms with Crippen molar-refractivity contribution in [3.8, 4) is 23.0 Å². The number of carbonyl (C=O) groups is 2. The third-order valence-corrected chi connectivity index (χ3v) is 13.2. The highest BCUT2D eigenvalue weighted by Gasteiger charge is 2.65. The van der Waals surface area contributed by atoms with E-state index in [9.17, 15) is 19.8 Å². The number of hydrogen-bond acceptors (Lipinski definition) is 10. The van der Waals surface area contributed by atoms with Gasteiger partial charge in [-0.1, -0.05) is 36.4 Å². The zero-order valence-electron chi connectivity index (χ0n) is 27.1. The van der Waals surface area contributed by atoms with Crippen LogP contribution < -0.4 is 18.9 Å². The second-order valence-electron chi connectivity index (χ2n) is 15.3. The van der Waals surface area contributed by atoms with Crippen LogP contribution in [0.2, 0.25) is 0 Å². The molecule has 2 N–H and O–H groups in total. The maximum atomic E-state index is 13.2. The maximum Gasteiger partial charge on any atom is 0.311 e. The summed E-state index contributed by atoms with van der Waals surface area (Å²) in [5.41, 5.74) is 3.79. The number of esters is 2. The van der Waals surface area contributed by atoms with Gasteiger partial charge in [0, 0.05) is 45.9 Å². The first kappa shape index (κ1) is 29.2. The number of rotatable bonds is 5. The van der Waals surface area contributed by atoms with Crippen molar-refractivity contribution in [1.29, 1.82) is 0 Å². The lowest BCUT2D eigenvalue weighted by Crippen LogP contribution is -2.64. The molecular formula is C38H40N2O8. The Morgan fingerprint density at radius 2 is 1.17 bits per heavy atom. The van der Waals surface area contributed by atoms with Gasteiger partial charge >= 0.3 is 11.9 Å². The molecule has 4 heterocycles. The van der Waals surface area contributed by atoms with Crippen LogP contribution in [0.25, 0.3) is 0 Å². The zero-order valence-corrected chi connectivity index (χ0v) is 27.1. The second-order valence-corrected chi connectivity index (χ2v) is 15.3. The van der Waals surface area contributed by atoms with Crippen molar-refractivity contribution < 1.29 is 38.7 Å². The minimum atomic E-state index is -0.745. The number of likely N-dealkylation sites (N-methyl/N-ethyl adjacent to an activating group) is 2. The van der Waals surface area contributed by atoms with Crippen molar-refractivity contribution >= 4 is 11.9 Å². The van der Waals surface area contributed by atoms with Crippen molar-refractivity contribution in [2.75, 3.05) is 27.2 Å². The smallest absolute Gasteiger partial charge is 0.311 e. The lowest BCUT2D eigenvalue weighted by molar-refractivity contribution is -0.140. The van der Waals surface area contributed by atoms with E-state index in [2.05, 4.69) is 36.0 Å². The lowest BCUT2D eigenvalue weighted by Gasteiger charge is -2.56. The minimum Gasteiger partial charge on any atom is -0.482 e. The van der Waals surface area contributed by atoms with E-state index >= 15 is 0 Å². The molecule has 4 aliphatic carbocycles. The van der Waals surface area contributed by atoms with Gasteiger partial charge in [0.25, 0.3) is 0 Å². The van der Waals surface area contributed by atoms with Crippen LogP contribution in [-0.4, -0.2) is 95.6 Å². The average molecular weight is 653 g/mol. The molecule has 0 saturated carbocycles. The molecule has 2 aromatic carbocycles. The molecule has 0 amide bonds. The molecule has 2 saturated heterocycles. The van der Waals surface area contributed by atoms with Gasteiger partial charge in [0.2, 0.25) is 0 Å². The van der Waals surface area contributed by atoms with Crippen LogP contribution in [0, 0.1) is 11.8 Å². The Morgan fingerprint density at radius 1 is 0.729 bits per heavy atom. The fraction of sp³-hybridized carbons (Fsp3) is 0.526. The molecule has 0 aromatic heterocycles. The largest absolute Gasteiger partial charge is 0.482 e. The number of ether oxygens (including phenoxy) is 4. The van der Waals surface area contributed by atoms with Gasteiger partial charge in [-0.25, -0.2) is 0 Å². The summed E-state index contributed by atoms with van der Waals surface area (Å²) in [6.07, 6.45) is 8.75. The standard InChI is InChI=1S/C38H40N2O8/c1-39-15-13-37-21-5-7-25(41)35(37)47-33-27(9-3-19(31(33)37)17-23(21)39)45-29(43)11-12-30(44)46-28-10-4-20-18-24-22-6-8-26(42)36-38(22,14-16-40(24)2)32(20)34(28)48-36/h3-10,21-26,35-36,41-42H,11-18H2,1-2H3/t21?,22?,23-,24+,25-,26+,35+,36?,37+,38+/m1/s1. The molecule has 4 bridgehead atoms. The van der Waals surface area contributed by atoms with Crippen LogP contribution in [0.1, 0.15) is 47.9 Å². The van der Waals surface area contributed by atoms with E-state index in [-0.39, 0.29) is 35.5 Å². The number of nitrogens with zero attached hydrogens (tertiary/aromatic N) is 2. The summed E-state index contributed by atoms with van der Waals surface area (Å²) >= 11 is 0. The summed E-state index contributed by atoms with van der Waals surface area (Å²) in [4.78, 5) is 31.2. The lowest BCUT2D eigenvalue weighted by atomic mass is 9.53. The van der Waals surface area contributed by atoms with E-state index in [1.807, 2.05) is 24.3 Å². The molecule has 250 valence electrons. The van der Waals surface area contributed by atoms with E-state index in [4.69, 9.17) is 18.9 Å². The first-order valence-electron chi connectivity index (χ1n) is 17.4. The quantitative estimate of drug-likeness (QED) is 0.284. The summed E-state index contributed by atoms with van der Waals surface area (Å²) in [6.45, 7) is 1.81. The van der Waals surface area contributed by atoms with Gasteiger partial charge in [0.05, 0.1) is 12.8 Å². The van der Waals surface area contributed by atoms with Crippen molar-refractivity contribution in [3.63, 3.8) is 0 Å². The minimum absolute atomic E-state index is 0.171. The summed E-state index contributed by atoms with van der Waals surface area (Å²) in [6, 6.07) is 8.26. The molecule has 48 heavy (non-hydrogen) atoms. The van der Waals surface area contributed by atoms with E-state index in [1.54, 1.807) is 12.1 Å². The van der Waals surface area contributed by atoms with Crippen LogP contribution in [0.4, 0.5) is 0 Å². The normalized spacial score (nSPS) is 38.8. The molecule has 10 heteroatoms. The summed E-state index contributed by atoms with van der Waals surface area (Å²) in [5.74, 6) is 1.06. The van der Waals surface area contributed by atoms with Gasteiger partial charge in [-0.3, -0.25) is 9.59 Å². The Kier molecular flexibility index (Phi) is 6.05. The highest BCUT2D eigenvalue weighted by Crippen LogP contribution is 2.64. The molecule has 8 aliphatic rings. The SMILES string of the molecule is CN1CC[C@]23c4c5ccc(OC(=O)CCC(=O)Oc6ccc7c8c6OC6[C@@H](O)C=CC9[C@H](C7)N(C)CC[C@]869)c4O[C@H]2[C@H](O)C=CC3[C@H]1C5. The highest BCUT2D eigenvalue weighted by molar-refractivity contribution is 5.81. The van der Waals surface area contributed by atoms with Crippen molar-refractivity contribution in [1.82, 2.24) is 9.80 Å². The summed E-state index contributed by atoms with van der Waals surface area (Å²) in [5, 5.41) is 22.0. The van der Waals surface area contributed by atoms with Crippen LogP contribution in [0.3, 0.4) is 0 Å². The Morgan fingerprint density at radius 3 is 1.60 bits per heavy atom. The molecule has 2 spiro atoms. The molecule has 2 fully saturated rings. The van der Waals surface area contributed by atoms with Crippen molar-refractivity contribution in [2.45, 2.75) is 85.9 Å². The molecule has 4 aliphatic heterocycles. The van der Waals surface area contributed by atoms with Crippen LogP contribution >= 0.6 is 0 Å². The van der Waals surface area contributed by atoms with Gasteiger partial charge in [-0.2, -0.15) is 0 Å². The third kappa shape index (κ3) is 3.61. The Labute approximate surface area is 278 Å². The third-order valence-electron chi connectivity index (χ3n) is 13.2. The van der Waals surface area contributed by atoms with Crippen LogP contribution in [-0.2, 0) is 33.3 Å². The van der Waals surface area contributed by atoms with Gasteiger partial charge in [0.15, 0.2) is 23.0 Å². The number of aliphatic hydroxyl groups is 2. The van der Waals surface area contributed by atoms with E-state index in [1.165, 1.54) is 11.1 Å². The zero-order chi connectivity index (χ0) is 32.7. The van der Waals surface area contributed by atoms with E-state index in [0.29, 0.717) is 35.1 Å². The van der Waals surface area contributed by atoms with Gasteiger partial charge in [0.1, 0.15) is 24.4 Å². The predicted octanol–water partition coefficient (Wildman–Crippen LogP) is 2.59. The molecule has 2 aromatic rings. The van der Waals surface area contributed by atoms with Crippen LogP contribution in [0.15, 0.2) is 48.6 Å². The van der Waals surface area contributed by atoms with Gasteiger partial charge < -0.3 is 39.0 Å². The number of aliphatic hydroxyl groups excluding tert-OH is 2. The Hall–Kier alpha value is -3.70. The Bertz CT molecular complexity index is 1710. The Balaban J connectivity index is 0.869. The molecule has 0 radical (unpaired) electrons. The summed E-state index contributed by atoms with van der Waals surface area (Å²) in [7, 11) is 4.32. The fourth-order valence-corrected chi connectivity index (χ4v) is 11.2.